The Balaban J connectivity index is 1.70. The zero-order valence-electron chi connectivity index (χ0n) is 21.0. The molecule has 1 aliphatic heterocycles. The summed E-state index contributed by atoms with van der Waals surface area (Å²) in [5.74, 6) is 0.412. The van der Waals surface area contributed by atoms with Crippen LogP contribution in [0.2, 0.25) is 0 Å². The maximum Gasteiger partial charge on any atom is 0.319 e. The van der Waals surface area contributed by atoms with Gasteiger partial charge in [0.15, 0.2) is 0 Å². The number of amides is 2. The smallest absolute Gasteiger partial charge is 0.319 e. The van der Waals surface area contributed by atoms with E-state index in [0.29, 0.717) is 12.5 Å². The zero-order valence-corrected chi connectivity index (χ0v) is 21.0. The fourth-order valence-electron chi connectivity index (χ4n) is 5.03. The van der Waals surface area contributed by atoms with Crippen LogP contribution < -0.4 is 15.5 Å². The molecule has 2 N–H and O–H groups in total. The minimum Gasteiger partial charge on any atom is -0.334 e. The number of aryl methyl sites for hydroxylation is 6. The number of hydrogen-bond donors (Lipinski definition) is 2. The normalized spacial score (nSPS) is 14.5. The average molecular weight is 436 g/mol. The molecule has 5 nitrogen and oxygen atoms in total. The van der Waals surface area contributed by atoms with E-state index in [2.05, 4.69) is 92.3 Å². The van der Waals surface area contributed by atoms with E-state index in [0.717, 1.165) is 29.9 Å². The molecule has 0 unspecified atom stereocenters. The predicted molar refractivity (Wildman–Crippen MR) is 135 cm³/mol. The third-order valence-corrected chi connectivity index (χ3v) is 6.39. The number of urea groups is 1. The van der Waals surface area contributed by atoms with Gasteiger partial charge in [-0.25, -0.2) is 9.69 Å². The van der Waals surface area contributed by atoms with Crippen LogP contribution in [0.3, 0.4) is 0 Å². The molecule has 0 bridgehead atoms. The summed E-state index contributed by atoms with van der Waals surface area (Å²) in [5, 5.41) is 6.17. The first-order chi connectivity index (χ1) is 15.1. The second-order valence-electron chi connectivity index (χ2n) is 9.71. The first-order valence-corrected chi connectivity index (χ1v) is 11.6. The Labute approximate surface area is 193 Å². The van der Waals surface area contributed by atoms with Gasteiger partial charge in [0.1, 0.15) is 24.8 Å². The molecule has 0 saturated carbocycles. The Morgan fingerprint density at radius 1 is 0.938 bits per heavy atom. The third kappa shape index (κ3) is 5.32. The van der Waals surface area contributed by atoms with Crippen LogP contribution in [-0.4, -0.2) is 42.6 Å². The summed E-state index contributed by atoms with van der Waals surface area (Å²) in [6.07, 6.45) is 2.24. The number of benzene rings is 2. The first-order valence-electron chi connectivity index (χ1n) is 11.6. The molecule has 1 heterocycles. The van der Waals surface area contributed by atoms with Gasteiger partial charge in [-0.2, -0.15) is 0 Å². The van der Waals surface area contributed by atoms with Crippen LogP contribution in [-0.2, 0) is 0 Å². The molecule has 1 atom stereocenters. The quantitative estimate of drug-likeness (QED) is 0.609. The molecule has 3 rings (SSSR count). The monoisotopic (exact) mass is 435 g/mol. The number of carbonyl (C=O) groups excluding carboxylic acids is 1. The Kier molecular flexibility index (Phi) is 7.27. The molecule has 0 saturated heterocycles. The van der Waals surface area contributed by atoms with Crippen LogP contribution in [0.15, 0.2) is 24.3 Å². The van der Waals surface area contributed by atoms with E-state index in [1.165, 1.54) is 27.9 Å². The second-order valence-corrected chi connectivity index (χ2v) is 9.71. The van der Waals surface area contributed by atoms with E-state index >= 15 is 0 Å². The van der Waals surface area contributed by atoms with Crippen molar-refractivity contribution in [2.75, 3.05) is 29.9 Å². The van der Waals surface area contributed by atoms with Gasteiger partial charge >= 0.3 is 6.03 Å². The van der Waals surface area contributed by atoms with Crippen molar-refractivity contribution in [3.05, 3.63) is 57.6 Å². The van der Waals surface area contributed by atoms with Gasteiger partial charge in [-0.15, -0.1) is 0 Å². The SMILES string of the molecule is Cc1cc(C)c(NC(=O)NC[C@H](C(C)C)[N+]2=CN(c3c(C)cc(C)cc3C)CC2)c(C)c1. The zero-order chi connectivity index (χ0) is 23.6. The van der Waals surface area contributed by atoms with Gasteiger partial charge in [0.2, 0.25) is 6.34 Å². The van der Waals surface area contributed by atoms with Crippen LogP contribution in [0.25, 0.3) is 0 Å². The lowest BCUT2D eigenvalue weighted by atomic mass is 10.0. The van der Waals surface area contributed by atoms with Crippen molar-refractivity contribution in [2.24, 2.45) is 5.92 Å². The highest BCUT2D eigenvalue weighted by molar-refractivity contribution is 5.91. The van der Waals surface area contributed by atoms with Crippen LogP contribution in [0.4, 0.5) is 16.2 Å². The second kappa shape index (κ2) is 9.76. The molecule has 5 heteroatoms. The topological polar surface area (TPSA) is 47.4 Å². The van der Waals surface area contributed by atoms with E-state index in [1.54, 1.807) is 0 Å². The van der Waals surface area contributed by atoms with Crippen molar-refractivity contribution < 1.29 is 9.37 Å². The van der Waals surface area contributed by atoms with E-state index in [4.69, 9.17) is 0 Å². The minimum atomic E-state index is -0.146. The standard InChI is InChI=1S/C27H38N4O/c1-17(2)24(15-28-27(32)29-25-20(5)11-18(3)12-21(25)6)30-9-10-31(16-30)26-22(7)13-19(4)14-23(26)8/h11-14,16-17,24H,9-10,15H2,1-8H3,(H-,28,29,32)/p+1/t24-/m1/s1. The third-order valence-electron chi connectivity index (χ3n) is 6.39. The van der Waals surface area contributed by atoms with E-state index in [-0.39, 0.29) is 12.1 Å². The Morgan fingerprint density at radius 3 is 2.00 bits per heavy atom. The molecule has 32 heavy (non-hydrogen) atoms. The Hall–Kier alpha value is -2.82. The Bertz CT molecular complexity index is 992. The van der Waals surface area contributed by atoms with Crippen molar-refractivity contribution in [3.63, 3.8) is 0 Å². The number of hydrogen-bond acceptors (Lipinski definition) is 2. The van der Waals surface area contributed by atoms with E-state index in [1.807, 2.05) is 13.8 Å². The molecule has 0 aromatic heterocycles. The summed E-state index contributed by atoms with van der Waals surface area (Å²) in [5.41, 5.74) is 9.50. The predicted octanol–water partition coefficient (Wildman–Crippen LogP) is 5.24. The van der Waals surface area contributed by atoms with Gasteiger partial charge in [-0.05, 0) is 69.7 Å². The summed E-state index contributed by atoms with van der Waals surface area (Å²) in [4.78, 5) is 15.0. The van der Waals surface area contributed by atoms with Gasteiger partial charge in [0.05, 0.1) is 6.54 Å². The van der Waals surface area contributed by atoms with Gasteiger partial charge in [0, 0.05) is 5.69 Å². The molecular weight excluding hydrogens is 396 g/mol. The highest BCUT2D eigenvalue weighted by Crippen LogP contribution is 2.27. The summed E-state index contributed by atoms with van der Waals surface area (Å²) < 4.78 is 2.38. The lowest BCUT2D eigenvalue weighted by Gasteiger charge is -2.21. The molecule has 2 aromatic carbocycles. The van der Waals surface area contributed by atoms with Crippen molar-refractivity contribution in [1.82, 2.24) is 5.32 Å². The molecule has 172 valence electrons. The Morgan fingerprint density at radius 2 is 1.47 bits per heavy atom. The average Bonchev–Trinajstić information content (AvgIpc) is 3.12. The maximum atomic E-state index is 12.7. The van der Waals surface area contributed by atoms with Crippen molar-refractivity contribution in [1.29, 1.82) is 0 Å². The van der Waals surface area contributed by atoms with E-state index in [9.17, 15) is 4.79 Å². The van der Waals surface area contributed by atoms with Crippen LogP contribution in [0.5, 0.6) is 0 Å². The van der Waals surface area contributed by atoms with Gasteiger partial charge in [0.25, 0.3) is 0 Å². The summed E-state index contributed by atoms with van der Waals surface area (Å²) >= 11 is 0. The fourth-order valence-corrected chi connectivity index (χ4v) is 5.03. The fraction of sp³-hybridized carbons (Fsp3) is 0.481. The van der Waals surface area contributed by atoms with Crippen molar-refractivity contribution in [3.8, 4) is 0 Å². The molecule has 0 radical (unpaired) electrons. The number of rotatable bonds is 6. The van der Waals surface area contributed by atoms with Crippen molar-refractivity contribution >= 4 is 23.7 Å². The highest BCUT2D eigenvalue weighted by atomic mass is 16.2. The molecule has 1 aliphatic rings. The van der Waals surface area contributed by atoms with Gasteiger partial charge < -0.3 is 10.6 Å². The number of nitrogens with one attached hydrogen (secondary N) is 2. The van der Waals surface area contributed by atoms with Crippen molar-refractivity contribution in [2.45, 2.75) is 61.4 Å². The molecule has 0 fully saturated rings. The summed E-state index contributed by atoms with van der Waals surface area (Å²) in [7, 11) is 0. The molecule has 2 amide bonds. The lowest BCUT2D eigenvalue weighted by Crippen LogP contribution is -2.43. The number of nitrogens with zero attached hydrogens (tertiary/aromatic N) is 2. The van der Waals surface area contributed by atoms with Crippen LogP contribution in [0.1, 0.15) is 47.2 Å². The van der Waals surface area contributed by atoms with Crippen LogP contribution >= 0.6 is 0 Å². The van der Waals surface area contributed by atoms with Gasteiger partial charge in [-0.1, -0.05) is 49.2 Å². The number of carbonyl (C=O) groups is 1. The first kappa shape index (κ1) is 23.8. The highest BCUT2D eigenvalue weighted by Gasteiger charge is 2.30. The van der Waals surface area contributed by atoms with Crippen LogP contribution in [0, 0.1) is 47.5 Å². The summed E-state index contributed by atoms with van der Waals surface area (Å²) in [6, 6.07) is 8.79. The molecular formula is C27H39N4O+. The molecule has 2 aromatic rings. The molecule has 0 aliphatic carbocycles. The van der Waals surface area contributed by atoms with Gasteiger partial charge in [-0.3, -0.25) is 4.58 Å². The minimum absolute atomic E-state index is 0.146. The summed E-state index contributed by atoms with van der Waals surface area (Å²) in [6.45, 7) is 19.6. The lowest BCUT2D eigenvalue weighted by molar-refractivity contribution is -0.558. The van der Waals surface area contributed by atoms with E-state index < -0.39 is 0 Å². The largest absolute Gasteiger partial charge is 0.334 e. The maximum absolute atomic E-state index is 12.7. The molecule has 0 spiro atoms. The number of anilines is 2.